The molecule has 1 aliphatic heterocycles. The van der Waals surface area contributed by atoms with Gasteiger partial charge < -0.3 is 10.2 Å². The quantitative estimate of drug-likeness (QED) is 0.837. The van der Waals surface area contributed by atoms with Gasteiger partial charge in [0.2, 0.25) is 0 Å². The Balaban J connectivity index is 2.76. The zero-order chi connectivity index (χ0) is 13.1. The molecule has 1 fully saturated rings. The van der Waals surface area contributed by atoms with E-state index in [9.17, 15) is 9.59 Å². The number of nitrogens with one attached hydrogen (secondary N) is 1. The maximum atomic E-state index is 12.4. The summed E-state index contributed by atoms with van der Waals surface area (Å²) in [5.74, 6) is 0.161. The molecule has 0 bridgehead atoms. The number of carbonyl (C=O) groups excluding carboxylic acids is 2. The summed E-state index contributed by atoms with van der Waals surface area (Å²) < 4.78 is -0.417. The summed E-state index contributed by atoms with van der Waals surface area (Å²) in [4.78, 5) is 25.9. The minimum Gasteiger partial charge on any atom is -0.338 e. The van der Waals surface area contributed by atoms with Crippen molar-refractivity contribution in [3.05, 3.63) is 0 Å². The van der Waals surface area contributed by atoms with Gasteiger partial charge >= 0.3 is 6.03 Å². The Morgan fingerprint density at radius 3 is 2.65 bits per heavy atom. The number of Topliss-reactive ketones (excluding diaryl/α,β-unsaturated/α-hetero) is 1. The van der Waals surface area contributed by atoms with Gasteiger partial charge in [-0.3, -0.25) is 4.79 Å². The zero-order valence-corrected chi connectivity index (χ0v) is 11.9. The molecule has 0 aromatic heterocycles. The summed E-state index contributed by atoms with van der Waals surface area (Å²) in [6.07, 6.45) is 3.64. The third-order valence-electron chi connectivity index (χ3n) is 3.25. The van der Waals surface area contributed by atoms with E-state index in [1.165, 1.54) is 0 Å². The molecular weight excluding hydrogens is 236 g/mol. The first-order chi connectivity index (χ1) is 7.94. The van der Waals surface area contributed by atoms with Crippen molar-refractivity contribution < 1.29 is 9.59 Å². The van der Waals surface area contributed by atoms with E-state index in [4.69, 9.17) is 0 Å². The van der Waals surface area contributed by atoms with Gasteiger partial charge in [0, 0.05) is 13.1 Å². The zero-order valence-electron chi connectivity index (χ0n) is 11.1. The second-order valence-corrected chi connectivity index (χ2v) is 6.19. The minimum atomic E-state index is -0.417. The number of amides is 2. The van der Waals surface area contributed by atoms with E-state index in [1.807, 2.05) is 27.0 Å². The van der Waals surface area contributed by atoms with E-state index in [0.717, 1.165) is 12.8 Å². The molecule has 17 heavy (non-hydrogen) atoms. The molecular formula is C12H22N2O2S. The van der Waals surface area contributed by atoms with Gasteiger partial charge in [0.15, 0.2) is 5.78 Å². The fraction of sp³-hybridized carbons (Fsp3) is 0.833. The number of hydrogen-bond acceptors (Lipinski definition) is 3. The van der Waals surface area contributed by atoms with Crippen molar-refractivity contribution in [3.63, 3.8) is 0 Å². The average molecular weight is 258 g/mol. The van der Waals surface area contributed by atoms with Crippen molar-refractivity contribution in [2.75, 3.05) is 19.3 Å². The number of hydrogen-bond donors (Lipinski definition) is 1. The van der Waals surface area contributed by atoms with Crippen LogP contribution in [0.1, 0.15) is 33.6 Å². The van der Waals surface area contributed by atoms with Gasteiger partial charge in [-0.25, -0.2) is 4.79 Å². The molecule has 0 aromatic rings. The summed E-state index contributed by atoms with van der Waals surface area (Å²) in [5.41, 5.74) is 0. The molecule has 1 atom stereocenters. The van der Waals surface area contributed by atoms with Gasteiger partial charge in [-0.05, 0) is 39.9 Å². The Kier molecular flexibility index (Phi) is 4.86. The van der Waals surface area contributed by atoms with Gasteiger partial charge in [0.25, 0.3) is 0 Å². The Morgan fingerprint density at radius 2 is 2.12 bits per heavy atom. The first-order valence-corrected chi connectivity index (χ1v) is 7.30. The number of nitrogens with zero attached hydrogens (tertiary/aromatic N) is 1. The van der Waals surface area contributed by atoms with E-state index >= 15 is 0 Å². The number of rotatable bonds is 4. The van der Waals surface area contributed by atoms with Gasteiger partial charge in [-0.2, -0.15) is 11.8 Å². The van der Waals surface area contributed by atoms with Crippen LogP contribution in [0.2, 0.25) is 0 Å². The standard InChI is InChI=1S/C12H22N2O2S/c1-5-13-11(16)14-8-6-7-9(14)10(15)12(2,3)17-4/h9H,5-8H2,1-4H3,(H,13,16)/t9-/m0/s1. The third-order valence-corrected chi connectivity index (χ3v) is 4.47. The normalized spacial score (nSPS) is 20.5. The molecule has 1 saturated heterocycles. The van der Waals surface area contributed by atoms with Crippen LogP contribution in [0.3, 0.4) is 0 Å². The first kappa shape index (κ1) is 14.4. The van der Waals surface area contributed by atoms with Crippen LogP contribution in [0.5, 0.6) is 0 Å². The molecule has 1 N–H and O–H groups in total. The second-order valence-electron chi connectivity index (χ2n) is 4.77. The van der Waals surface area contributed by atoms with E-state index < -0.39 is 4.75 Å². The van der Waals surface area contributed by atoms with Crippen molar-refractivity contribution >= 4 is 23.6 Å². The summed E-state index contributed by atoms with van der Waals surface area (Å²) in [5, 5.41) is 2.77. The molecule has 4 nitrogen and oxygen atoms in total. The smallest absolute Gasteiger partial charge is 0.318 e. The fourth-order valence-electron chi connectivity index (χ4n) is 2.04. The topological polar surface area (TPSA) is 49.4 Å². The number of likely N-dealkylation sites (tertiary alicyclic amines) is 1. The van der Waals surface area contributed by atoms with E-state index in [0.29, 0.717) is 13.1 Å². The average Bonchev–Trinajstić information content (AvgIpc) is 2.77. The highest BCUT2D eigenvalue weighted by Gasteiger charge is 2.40. The molecule has 1 aliphatic rings. The second kappa shape index (κ2) is 5.76. The van der Waals surface area contributed by atoms with Crippen LogP contribution >= 0.6 is 11.8 Å². The first-order valence-electron chi connectivity index (χ1n) is 6.08. The lowest BCUT2D eigenvalue weighted by atomic mass is 9.99. The van der Waals surface area contributed by atoms with Gasteiger partial charge in [-0.15, -0.1) is 0 Å². The van der Waals surface area contributed by atoms with E-state index in [2.05, 4.69) is 5.32 Å². The molecule has 5 heteroatoms. The Bertz CT molecular complexity index is 305. The van der Waals surface area contributed by atoms with Crippen LogP contribution in [-0.4, -0.2) is 46.8 Å². The lowest BCUT2D eigenvalue weighted by Gasteiger charge is -2.30. The number of carbonyl (C=O) groups is 2. The third kappa shape index (κ3) is 3.15. The Hall–Kier alpha value is -0.710. The number of thioether (sulfide) groups is 1. The van der Waals surface area contributed by atoms with E-state index in [1.54, 1.807) is 16.7 Å². The predicted molar refractivity (Wildman–Crippen MR) is 71.4 cm³/mol. The van der Waals surface area contributed by atoms with Crippen LogP contribution in [0.15, 0.2) is 0 Å². The molecule has 2 amide bonds. The summed E-state index contributed by atoms with van der Waals surface area (Å²) in [6.45, 7) is 7.02. The summed E-state index contributed by atoms with van der Waals surface area (Å²) in [7, 11) is 0. The summed E-state index contributed by atoms with van der Waals surface area (Å²) >= 11 is 1.54. The molecule has 0 aliphatic carbocycles. The number of urea groups is 1. The van der Waals surface area contributed by atoms with Crippen LogP contribution in [0.25, 0.3) is 0 Å². The van der Waals surface area contributed by atoms with E-state index in [-0.39, 0.29) is 17.9 Å². The molecule has 0 radical (unpaired) electrons. The van der Waals surface area contributed by atoms with Crippen molar-refractivity contribution in [2.24, 2.45) is 0 Å². The maximum Gasteiger partial charge on any atom is 0.318 e. The SMILES string of the molecule is CCNC(=O)N1CCC[C@H]1C(=O)C(C)(C)SC. The maximum absolute atomic E-state index is 12.4. The van der Waals surface area contributed by atoms with Crippen molar-refractivity contribution in [3.8, 4) is 0 Å². The van der Waals surface area contributed by atoms with Crippen LogP contribution < -0.4 is 5.32 Å². The molecule has 1 rings (SSSR count). The molecule has 0 saturated carbocycles. The lowest BCUT2D eigenvalue weighted by Crippen LogP contribution is -2.50. The number of ketones is 1. The highest BCUT2D eigenvalue weighted by atomic mass is 32.2. The molecule has 0 spiro atoms. The Morgan fingerprint density at radius 1 is 1.47 bits per heavy atom. The highest BCUT2D eigenvalue weighted by molar-refractivity contribution is 8.00. The molecule has 0 aromatic carbocycles. The predicted octanol–water partition coefficient (Wildman–Crippen LogP) is 1.89. The van der Waals surface area contributed by atoms with Crippen LogP contribution in [0, 0.1) is 0 Å². The van der Waals surface area contributed by atoms with Gasteiger partial charge in [0.1, 0.15) is 0 Å². The lowest BCUT2D eigenvalue weighted by molar-refractivity contribution is -0.124. The highest BCUT2D eigenvalue weighted by Crippen LogP contribution is 2.29. The van der Waals surface area contributed by atoms with Crippen molar-refractivity contribution in [2.45, 2.75) is 44.4 Å². The largest absolute Gasteiger partial charge is 0.338 e. The van der Waals surface area contributed by atoms with Crippen molar-refractivity contribution in [1.29, 1.82) is 0 Å². The Labute approximate surface area is 108 Å². The minimum absolute atomic E-state index is 0.111. The van der Waals surface area contributed by atoms with Crippen LogP contribution in [0.4, 0.5) is 4.79 Å². The van der Waals surface area contributed by atoms with Gasteiger partial charge in [0.05, 0.1) is 10.8 Å². The fourth-order valence-corrected chi connectivity index (χ4v) is 2.37. The molecule has 1 heterocycles. The summed E-state index contributed by atoms with van der Waals surface area (Å²) in [6, 6.07) is -0.357. The monoisotopic (exact) mass is 258 g/mol. The van der Waals surface area contributed by atoms with Crippen molar-refractivity contribution in [1.82, 2.24) is 10.2 Å². The molecule has 0 unspecified atom stereocenters. The van der Waals surface area contributed by atoms with Crippen LogP contribution in [-0.2, 0) is 4.79 Å². The van der Waals surface area contributed by atoms with Gasteiger partial charge in [-0.1, -0.05) is 0 Å². The molecule has 98 valence electrons.